The molecule has 51 valence electrons. The minimum atomic E-state index is -0.847. The summed E-state index contributed by atoms with van der Waals surface area (Å²) in [7, 11) is 0. The largest absolute Gasteiger partial charge is 0.376 e. The fourth-order valence-electron chi connectivity index (χ4n) is 0.622. The average molecular weight is 137 g/mol. The monoisotopic (exact) mass is 137 g/mol. The van der Waals surface area contributed by atoms with Gasteiger partial charge in [0.1, 0.15) is 0 Å². The molecule has 0 heterocycles. The summed E-state index contributed by atoms with van der Waals surface area (Å²) in [6, 6.07) is 8.10. The first-order chi connectivity index (χ1) is 4.84. The Morgan fingerprint density at radius 1 is 1.20 bits per heavy atom. The predicted molar refractivity (Wildman–Crippen MR) is 32.5 cm³/mol. The minimum Gasteiger partial charge on any atom is -0.260 e. The zero-order valence-corrected chi connectivity index (χ0v) is 5.11. The summed E-state index contributed by atoms with van der Waals surface area (Å²) in [6.45, 7) is 0. The van der Waals surface area contributed by atoms with Crippen LogP contribution in [0.3, 0.4) is 0 Å². The summed E-state index contributed by atoms with van der Waals surface area (Å²) in [4.78, 5) is 13.7. The van der Waals surface area contributed by atoms with Crippen LogP contribution in [0.1, 0.15) is 10.4 Å². The molecule has 1 rings (SSSR count). The van der Waals surface area contributed by atoms with E-state index in [0.29, 0.717) is 0 Å². The Balaban J connectivity index is 2.85. The van der Waals surface area contributed by atoms with E-state index in [1.165, 1.54) is 12.1 Å². The molecule has 10 heavy (non-hydrogen) atoms. The summed E-state index contributed by atoms with van der Waals surface area (Å²) in [5, 5.41) is 9.58. The molecule has 0 spiro atoms. The van der Waals surface area contributed by atoms with Crippen molar-refractivity contribution in [2.24, 2.45) is 0 Å². The fourth-order valence-corrected chi connectivity index (χ4v) is 0.622. The number of hydrogen-bond acceptors (Lipinski definition) is 2. The molecule has 3 nitrogen and oxygen atoms in total. The van der Waals surface area contributed by atoms with Crippen LogP contribution < -0.4 is 0 Å². The van der Waals surface area contributed by atoms with Crippen LogP contribution in [0.4, 0.5) is 0 Å². The third-order valence-electron chi connectivity index (χ3n) is 1.09. The molecule has 0 fully saturated rings. The first-order valence-corrected chi connectivity index (χ1v) is 2.74. The Bertz CT molecular complexity index is 218. The van der Waals surface area contributed by atoms with Gasteiger partial charge in [0.15, 0.2) is 0 Å². The van der Waals surface area contributed by atoms with E-state index in [-0.39, 0.29) is 5.56 Å². The molecular formula is C7H5O3. The fraction of sp³-hybridized carbons (Fsp3) is 0. The van der Waals surface area contributed by atoms with Gasteiger partial charge in [-0.25, -0.2) is 4.79 Å². The molecule has 0 amide bonds. The van der Waals surface area contributed by atoms with Crippen molar-refractivity contribution in [3.8, 4) is 0 Å². The van der Waals surface area contributed by atoms with Gasteiger partial charge in [-0.2, -0.15) is 0 Å². The lowest BCUT2D eigenvalue weighted by atomic mass is 10.2. The van der Waals surface area contributed by atoms with Crippen molar-refractivity contribution in [1.29, 1.82) is 0 Å². The highest BCUT2D eigenvalue weighted by atomic mass is 17.1. The number of carbonyl (C=O) groups is 1. The minimum absolute atomic E-state index is 0.275. The maximum absolute atomic E-state index is 10.5. The Labute approximate surface area is 57.8 Å². The van der Waals surface area contributed by atoms with Gasteiger partial charge in [-0.15, -0.1) is 0 Å². The van der Waals surface area contributed by atoms with E-state index in [1.54, 1.807) is 18.2 Å². The van der Waals surface area contributed by atoms with Crippen molar-refractivity contribution < 1.29 is 14.9 Å². The Hall–Kier alpha value is -1.35. The maximum Gasteiger partial charge on any atom is 0.376 e. The smallest absolute Gasteiger partial charge is 0.260 e. The van der Waals surface area contributed by atoms with Crippen molar-refractivity contribution in [3.63, 3.8) is 0 Å². The average Bonchev–Trinajstić information content (AvgIpc) is 2.05. The quantitative estimate of drug-likeness (QED) is 0.431. The topological polar surface area (TPSA) is 46.2 Å². The van der Waals surface area contributed by atoms with Crippen LogP contribution in [0, 0.1) is 0 Å². The Morgan fingerprint density at radius 2 is 1.80 bits per heavy atom. The summed E-state index contributed by atoms with van der Waals surface area (Å²) < 4.78 is 0. The zero-order valence-electron chi connectivity index (χ0n) is 5.11. The van der Waals surface area contributed by atoms with E-state index in [2.05, 4.69) is 4.89 Å². The first-order valence-electron chi connectivity index (χ1n) is 2.74. The molecule has 1 aromatic carbocycles. The highest BCUT2D eigenvalue weighted by molar-refractivity contribution is 5.88. The first kappa shape index (κ1) is 6.77. The summed E-state index contributed by atoms with van der Waals surface area (Å²) in [5.41, 5.74) is 0.275. The van der Waals surface area contributed by atoms with Crippen molar-refractivity contribution >= 4 is 5.97 Å². The molecule has 0 aliphatic heterocycles. The maximum atomic E-state index is 10.5. The van der Waals surface area contributed by atoms with Crippen molar-refractivity contribution in [3.05, 3.63) is 35.9 Å². The normalized spacial score (nSPS) is 8.90. The summed E-state index contributed by atoms with van der Waals surface area (Å²) >= 11 is 0. The van der Waals surface area contributed by atoms with E-state index in [9.17, 15) is 10.1 Å². The molecule has 1 aromatic rings. The second kappa shape index (κ2) is 2.98. The third-order valence-corrected chi connectivity index (χ3v) is 1.09. The van der Waals surface area contributed by atoms with Crippen LogP contribution in [0.15, 0.2) is 30.3 Å². The van der Waals surface area contributed by atoms with Crippen molar-refractivity contribution in [1.82, 2.24) is 0 Å². The molecule has 0 saturated carbocycles. The SMILES string of the molecule is [O]OC(=O)c1ccccc1. The molecule has 0 N–H and O–H groups in total. The Morgan fingerprint density at radius 3 is 2.30 bits per heavy atom. The molecule has 0 atom stereocenters. The van der Waals surface area contributed by atoms with E-state index < -0.39 is 5.97 Å². The van der Waals surface area contributed by atoms with Crippen LogP contribution in [0.2, 0.25) is 0 Å². The van der Waals surface area contributed by atoms with Gasteiger partial charge in [-0.1, -0.05) is 18.2 Å². The lowest BCUT2D eigenvalue weighted by Gasteiger charge is -1.90. The van der Waals surface area contributed by atoms with Crippen molar-refractivity contribution in [2.45, 2.75) is 0 Å². The standard InChI is InChI=1S/C7H5O3/c8-7(10-9)6-4-2-1-3-5-6/h1-5H. The van der Waals surface area contributed by atoms with Crippen molar-refractivity contribution in [2.75, 3.05) is 0 Å². The highest BCUT2D eigenvalue weighted by Gasteiger charge is 2.03. The van der Waals surface area contributed by atoms with Gasteiger partial charge >= 0.3 is 5.97 Å². The van der Waals surface area contributed by atoms with E-state index in [1.807, 2.05) is 0 Å². The zero-order chi connectivity index (χ0) is 7.40. The second-order valence-corrected chi connectivity index (χ2v) is 1.74. The Kier molecular flexibility index (Phi) is 2.02. The molecule has 0 saturated heterocycles. The number of rotatable bonds is 1. The lowest BCUT2D eigenvalue weighted by Crippen LogP contribution is -1.98. The van der Waals surface area contributed by atoms with Crippen LogP contribution in [0.25, 0.3) is 0 Å². The van der Waals surface area contributed by atoms with Crippen LogP contribution >= 0.6 is 0 Å². The number of hydrogen-bond donors (Lipinski definition) is 0. The molecule has 0 bridgehead atoms. The van der Waals surface area contributed by atoms with Gasteiger partial charge in [-0.3, -0.25) is 4.89 Å². The molecule has 0 aromatic heterocycles. The van der Waals surface area contributed by atoms with Crippen LogP contribution in [-0.4, -0.2) is 5.97 Å². The second-order valence-electron chi connectivity index (χ2n) is 1.74. The predicted octanol–water partition coefficient (Wildman–Crippen LogP) is 1.19. The van der Waals surface area contributed by atoms with Crippen LogP contribution in [0.5, 0.6) is 0 Å². The van der Waals surface area contributed by atoms with Gasteiger partial charge in [0.2, 0.25) is 0 Å². The van der Waals surface area contributed by atoms with Gasteiger partial charge < -0.3 is 0 Å². The van der Waals surface area contributed by atoms with Crippen LogP contribution in [-0.2, 0) is 10.1 Å². The number of carbonyl (C=O) groups excluding carboxylic acids is 1. The van der Waals surface area contributed by atoms with E-state index in [4.69, 9.17) is 0 Å². The molecule has 0 unspecified atom stereocenters. The molecule has 0 aliphatic rings. The van der Waals surface area contributed by atoms with Gasteiger partial charge in [-0.05, 0) is 12.1 Å². The molecule has 1 radical (unpaired) electrons. The lowest BCUT2D eigenvalue weighted by molar-refractivity contribution is -0.245. The third kappa shape index (κ3) is 1.33. The van der Waals surface area contributed by atoms with Gasteiger partial charge in [0, 0.05) is 5.26 Å². The summed E-state index contributed by atoms with van der Waals surface area (Å²) in [5.74, 6) is -0.847. The van der Waals surface area contributed by atoms with E-state index >= 15 is 0 Å². The molecule has 3 heteroatoms. The van der Waals surface area contributed by atoms with Gasteiger partial charge in [0.25, 0.3) is 0 Å². The highest BCUT2D eigenvalue weighted by Crippen LogP contribution is 1.98. The molecular weight excluding hydrogens is 132 g/mol. The molecule has 0 aliphatic carbocycles. The van der Waals surface area contributed by atoms with Gasteiger partial charge in [0.05, 0.1) is 5.56 Å². The summed E-state index contributed by atoms with van der Waals surface area (Å²) in [6.07, 6.45) is 0. The van der Waals surface area contributed by atoms with E-state index in [0.717, 1.165) is 0 Å². The number of benzene rings is 1.